The van der Waals surface area contributed by atoms with Crippen molar-refractivity contribution in [3.05, 3.63) is 0 Å². The minimum atomic E-state index is -1.84. The number of carboxylic acids is 1. The van der Waals surface area contributed by atoms with E-state index in [0.29, 0.717) is 12.5 Å². The van der Waals surface area contributed by atoms with E-state index in [1.807, 2.05) is 13.8 Å². The quantitative estimate of drug-likeness (QED) is 0.565. The molecule has 0 radical (unpaired) electrons. The highest BCUT2D eigenvalue weighted by Crippen LogP contribution is 2.05. The van der Waals surface area contributed by atoms with Crippen LogP contribution >= 0.6 is 0 Å². The van der Waals surface area contributed by atoms with Crippen LogP contribution in [0.4, 0.5) is 0 Å². The Morgan fingerprint density at radius 2 is 1.94 bits per heavy atom. The first-order valence-electron chi connectivity index (χ1n) is 5.56. The van der Waals surface area contributed by atoms with E-state index in [4.69, 9.17) is 5.11 Å². The van der Waals surface area contributed by atoms with Crippen molar-refractivity contribution >= 4 is 11.9 Å². The van der Waals surface area contributed by atoms with E-state index < -0.39 is 11.6 Å². The third kappa shape index (κ3) is 6.91. The molecule has 0 heterocycles. The molecule has 0 rings (SSSR count). The predicted molar refractivity (Wildman–Crippen MR) is 63.6 cm³/mol. The molecule has 0 aliphatic rings. The van der Waals surface area contributed by atoms with Crippen LogP contribution in [0.2, 0.25) is 0 Å². The average molecular weight is 246 g/mol. The van der Waals surface area contributed by atoms with Gasteiger partial charge in [0.2, 0.25) is 5.91 Å². The number of likely N-dealkylation sites (N-methyl/N-ethyl adjacent to an activating group) is 1. The number of hydrogen-bond acceptors (Lipinski definition) is 4. The maximum atomic E-state index is 11.4. The summed E-state index contributed by atoms with van der Waals surface area (Å²) in [7, 11) is 1.59. The fourth-order valence-corrected chi connectivity index (χ4v) is 1.27. The lowest BCUT2D eigenvalue weighted by atomic mass is 10.1. The van der Waals surface area contributed by atoms with Gasteiger partial charge < -0.3 is 15.5 Å². The molecule has 17 heavy (non-hydrogen) atoms. The van der Waals surface area contributed by atoms with Gasteiger partial charge in [0, 0.05) is 13.1 Å². The standard InChI is InChI=1S/C11H22N2O4/c1-8(2)5-12-9(14)6-13(4)7-11(3,17)10(15)16/h8,17H,5-7H2,1-4H3,(H,12,14)(H,15,16). The van der Waals surface area contributed by atoms with Crippen LogP contribution in [0, 0.1) is 5.92 Å². The van der Waals surface area contributed by atoms with Gasteiger partial charge in [0.05, 0.1) is 6.54 Å². The molecule has 100 valence electrons. The Morgan fingerprint density at radius 3 is 2.35 bits per heavy atom. The molecule has 6 nitrogen and oxygen atoms in total. The van der Waals surface area contributed by atoms with Crippen LogP contribution < -0.4 is 5.32 Å². The minimum Gasteiger partial charge on any atom is -0.479 e. The topological polar surface area (TPSA) is 89.9 Å². The van der Waals surface area contributed by atoms with Gasteiger partial charge in [-0.2, -0.15) is 0 Å². The molecular weight excluding hydrogens is 224 g/mol. The number of nitrogens with zero attached hydrogens (tertiary/aromatic N) is 1. The number of carboxylic acid groups (broad SMARTS) is 1. The molecule has 1 unspecified atom stereocenters. The molecule has 0 fully saturated rings. The van der Waals surface area contributed by atoms with E-state index in [0.717, 1.165) is 0 Å². The van der Waals surface area contributed by atoms with Crippen LogP contribution in [-0.2, 0) is 9.59 Å². The van der Waals surface area contributed by atoms with Crippen molar-refractivity contribution in [2.45, 2.75) is 26.4 Å². The molecule has 1 amide bonds. The summed E-state index contributed by atoms with van der Waals surface area (Å²) in [5.41, 5.74) is -1.84. The predicted octanol–water partition coefficient (Wildman–Crippen LogP) is -0.474. The average Bonchev–Trinajstić information content (AvgIpc) is 2.13. The normalized spacial score (nSPS) is 14.8. The van der Waals surface area contributed by atoms with Crippen LogP contribution in [0.15, 0.2) is 0 Å². The number of hydrogen-bond donors (Lipinski definition) is 3. The lowest BCUT2D eigenvalue weighted by Crippen LogP contribution is -2.48. The molecule has 3 N–H and O–H groups in total. The molecule has 0 aliphatic heterocycles. The minimum absolute atomic E-state index is 0.0656. The highest BCUT2D eigenvalue weighted by molar-refractivity contribution is 5.79. The van der Waals surface area contributed by atoms with Crippen LogP contribution in [0.1, 0.15) is 20.8 Å². The second-order valence-corrected chi connectivity index (χ2v) is 4.95. The summed E-state index contributed by atoms with van der Waals surface area (Å²) in [5, 5.41) is 21.0. The number of amides is 1. The van der Waals surface area contributed by atoms with Gasteiger partial charge in [-0.1, -0.05) is 13.8 Å². The molecule has 0 bridgehead atoms. The Kier molecular flexibility index (Phi) is 6.12. The Balaban J connectivity index is 4.05. The molecular formula is C11H22N2O4. The van der Waals surface area contributed by atoms with Gasteiger partial charge in [0.1, 0.15) is 0 Å². The zero-order valence-corrected chi connectivity index (χ0v) is 10.9. The molecule has 0 saturated carbocycles. The monoisotopic (exact) mass is 246 g/mol. The van der Waals surface area contributed by atoms with Gasteiger partial charge in [-0.05, 0) is 19.9 Å². The van der Waals surface area contributed by atoms with E-state index in [1.165, 1.54) is 11.8 Å². The first-order chi connectivity index (χ1) is 7.65. The molecule has 0 aromatic carbocycles. The summed E-state index contributed by atoms with van der Waals surface area (Å²) in [4.78, 5) is 23.6. The largest absolute Gasteiger partial charge is 0.479 e. The number of aliphatic hydroxyl groups is 1. The Hall–Kier alpha value is -1.14. The van der Waals surface area contributed by atoms with Gasteiger partial charge in [-0.3, -0.25) is 9.69 Å². The zero-order chi connectivity index (χ0) is 13.6. The van der Waals surface area contributed by atoms with Gasteiger partial charge >= 0.3 is 5.97 Å². The van der Waals surface area contributed by atoms with E-state index in [2.05, 4.69) is 5.32 Å². The maximum absolute atomic E-state index is 11.4. The van der Waals surface area contributed by atoms with E-state index in [1.54, 1.807) is 7.05 Å². The van der Waals surface area contributed by atoms with E-state index in [9.17, 15) is 14.7 Å². The summed E-state index contributed by atoms with van der Waals surface area (Å²) < 4.78 is 0. The maximum Gasteiger partial charge on any atom is 0.336 e. The number of carbonyl (C=O) groups excluding carboxylic acids is 1. The van der Waals surface area contributed by atoms with Crippen molar-refractivity contribution in [2.75, 3.05) is 26.7 Å². The third-order valence-electron chi connectivity index (χ3n) is 2.16. The van der Waals surface area contributed by atoms with Crippen molar-refractivity contribution in [3.8, 4) is 0 Å². The van der Waals surface area contributed by atoms with Gasteiger partial charge in [-0.25, -0.2) is 4.79 Å². The number of carbonyl (C=O) groups is 2. The fourth-order valence-electron chi connectivity index (χ4n) is 1.27. The summed E-state index contributed by atoms with van der Waals surface area (Å²) in [6.07, 6.45) is 0. The number of aliphatic carboxylic acids is 1. The second-order valence-electron chi connectivity index (χ2n) is 4.95. The van der Waals surface area contributed by atoms with Gasteiger partial charge in [0.25, 0.3) is 0 Å². The lowest BCUT2D eigenvalue weighted by Gasteiger charge is -2.24. The summed E-state index contributed by atoms with van der Waals surface area (Å²) in [6, 6.07) is 0. The van der Waals surface area contributed by atoms with Crippen molar-refractivity contribution in [1.82, 2.24) is 10.2 Å². The molecule has 6 heteroatoms. The lowest BCUT2D eigenvalue weighted by molar-refractivity contribution is -0.158. The Morgan fingerprint density at radius 1 is 1.41 bits per heavy atom. The van der Waals surface area contributed by atoms with Crippen LogP contribution in [0.3, 0.4) is 0 Å². The molecule has 0 spiro atoms. The summed E-state index contributed by atoms with van der Waals surface area (Å²) in [6.45, 7) is 5.73. The highest BCUT2D eigenvalue weighted by atomic mass is 16.4. The van der Waals surface area contributed by atoms with Crippen LogP contribution in [0.25, 0.3) is 0 Å². The van der Waals surface area contributed by atoms with E-state index >= 15 is 0 Å². The number of nitrogens with one attached hydrogen (secondary N) is 1. The summed E-state index contributed by atoms with van der Waals surface area (Å²) in [5.74, 6) is -1.11. The third-order valence-corrected chi connectivity index (χ3v) is 2.16. The first-order valence-corrected chi connectivity index (χ1v) is 5.56. The van der Waals surface area contributed by atoms with E-state index in [-0.39, 0.29) is 19.0 Å². The van der Waals surface area contributed by atoms with Crippen molar-refractivity contribution in [1.29, 1.82) is 0 Å². The zero-order valence-electron chi connectivity index (χ0n) is 10.9. The summed E-state index contributed by atoms with van der Waals surface area (Å²) >= 11 is 0. The van der Waals surface area contributed by atoms with Crippen molar-refractivity contribution < 1.29 is 19.8 Å². The number of rotatable bonds is 7. The Labute approximate surface area is 102 Å². The fraction of sp³-hybridized carbons (Fsp3) is 0.818. The molecule has 0 aromatic heterocycles. The van der Waals surface area contributed by atoms with Gasteiger partial charge in [-0.15, -0.1) is 0 Å². The molecule has 1 atom stereocenters. The Bertz CT molecular complexity index is 277. The first kappa shape index (κ1) is 15.9. The molecule has 0 saturated heterocycles. The smallest absolute Gasteiger partial charge is 0.336 e. The highest BCUT2D eigenvalue weighted by Gasteiger charge is 2.31. The van der Waals surface area contributed by atoms with Crippen molar-refractivity contribution in [3.63, 3.8) is 0 Å². The molecule has 0 aliphatic carbocycles. The van der Waals surface area contributed by atoms with Crippen LogP contribution in [0.5, 0.6) is 0 Å². The second kappa shape index (κ2) is 6.56. The van der Waals surface area contributed by atoms with Crippen molar-refractivity contribution in [2.24, 2.45) is 5.92 Å². The molecule has 0 aromatic rings. The van der Waals surface area contributed by atoms with Gasteiger partial charge in [0.15, 0.2) is 5.60 Å². The van der Waals surface area contributed by atoms with Crippen LogP contribution in [-0.4, -0.2) is 59.3 Å². The SMILES string of the molecule is CC(C)CNC(=O)CN(C)CC(C)(O)C(=O)O.